The summed E-state index contributed by atoms with van der Waals surface area (Å²) in [5.74, 6) is -1.41. The van der Waals surface area contributed by atoms with Crippen molar-refractivity contribution in [2.24, 2.45) is 0 Å². The summed E-state index contributed by atoms with van der Waals surface area (Å²) in [6.45, 7) is 2.77. The summed E-state index contributed by atoms with van der Waals surface area (Å²) in [5.41, 5.74) is 0.269. The number of nitro benzene ring substituents is 1. The van der Waals surface area contributed by atoms with Crippen molar-refractivity contribution in [1.29, 1.82) is 0 Å². The van der Waals surface area contributed by atoms with E-state index in [2.05, 4.69) is 9.79 Å². The van der Waals surface area contributed by atoms with Gasteiger partial charge in [0.15, 0.2) is 5.95 Å². The topological polar surface area (TPSA) is 113 Å². The number of nitro groups is 1. The Bertz CT molecular complexity index is 677. The number of ketones is 1. The van der Waals surface area contributed by atoms with Crippen LogP contribution in [0.25, 0.3) is 5.69 Å². The molecule has 0 unspecified atom stereocenters. The normalized spacial score (nSPS) is 10.4. The molecule has 0 aliphatic heterocycles. The van der Waals surface area contributed by atoms with Crippen molar-refractivity contribution in [3.05, 3.63) is 39.6 Å². The zero-order valence-electron chi connectivity index (χ0n) is 10.1. The predicted molar refractivity (Wildman–Crippen MR) is 58.9 cm³/mol. The molecular formula is C11H9N3O5. The molecule has 8 heteroatoms. The van der Waals surface area contributed by atoms with Crippen LogP contribution in [0.5, 0.6) is 5.95 Å². The Kier molecular flexibility index (Phi) is 2.99. The number of benzene rings is 1. The van der Waals surface area contributed by atoms with Gasteiger partial charge in [-0.3, -0.25) is 14.9 Å². The van der Waals surface area contributed by atoms with Crippen LogP contribution in [0.1, 0.15) is 23.0 Å². The Balaban J connectivity index is 2.63. The third kappa shape index (κ3) is 2.15. The average Bonchev–Trinajstić information content (AvgIpc) is 2.71. The number of rotatable bonds is 3. The van der Waals surface area contributed by atoms with E-state index in [1.54, 1.807) is 6.92 Å². The van der Waals surface area contributed by atoms with Crippen molar-refractivity contribution in [1.82, 2.24) is 5.27 Å². The second kappa shape index (κ2) is 4.48. The van der Waals surface area contributed by atoms with Crippen molar-refractivity contribution in [2.45, 2.75) is 13.8 Å². The first-order chi connectivity index (χ1) is 8.91. The SMILES string of the molecule is CC(=O)c1c([O-])on[n+]1-c1ccc(C)c([N+](=O)[O-])c1. The van der Waals surface area contributed by atoms with Crippen LogP contribution in [0.2, 0.25) is 0 Å². The molecule has 2 aromatic rings. The minimum atomic E-state index is -0.879. The van der Waals surface area contributed by atoms with E-state index in [0.29, 0.717) is 5.56 Å². The zero-order valence-corrected chi connectivity index (χ0v) is 10.1. The molecular weight excluding hydrogens is 254 g/mol. The maximum atomic E-state index is 11.4. The first-order valence-corrected chi connectivity index (χ1v) is 5.27. The van der Waals surface area contributed by atoms with Crippen LogP contribution in [0, 0.1) is 17.0 Å². The number of nitrogens with zero attached hydrogens (tertiary/aromatic N) is 3. The Morgan fingerprint density at radius 1 is 1.47 bits per heavy atom. The smallest absolute Gasteiger partial charge is 0.305 e. The van der Waals surface area contributed by atoms with Crippen LogP contribution in [-0.4, -0.2) is 16.0 Å². The molecule has 0 aliphatic carbocycles. The summed E-state index contributed by atoms with van der Waals surface area (Å²) in [6, 6.07) is 4.24. The van der Waals surface area contributed by atoms with Gasteiger partial charge in [0, 0.05) is 18.6 Å². The summed E-state index contributed by atoms with van der Waals surface area (Å²) in [6.07, 6.45) is 0. The standard InChI is InChI=1S/C11H9N3O5/c1-6-3-4-8(5-9(6)14(17)18)13-10(7(2)15)11(16)19-12-13/h3-5H,1-2H3. The van der Waals surface area contributed by atoms with Gasteiger partial charge in [-0.05, 0) is 17.7 Å². The molecule has 0 bridgehead atoms. The van der Waals surface area contributed by atoms with Crippen molar-refractivity contribution < 1.29 is 24.0 Å². The quantitative estimate of drug-likeness (QED) is 0.343. The molecule has 0 saturated carbocycles. The lowest BCUT2D eigenvalue weighted by Gasteiger charge is -1.97. The van der Waals surface area contributed by atoms with Gasteiger partial charge in [-0.1, -0.05) is 0 Å². The maximum Gasteiger partial charge on any atom is 0.305 e. The number of carbonyl (C=O) groups excluding carboxylic acids is 1. The van der Waals surface area contributed by atoms with Gasteiger partial charge in [-0.25, -0.2) is 0 Å². The number of carbonyl (C=O) groups is 1. The first kappa shape index (κ1) is 12.7. The van der Waals surface area contributed by atoms with E-state index in [9.17, 15) is 20.0 Å². The van der Waals surface area contributed by atoms with Crippen molar-refractivity contribution in [3.63, 3.8) is 0 Å². The summed E-state index contributed by atoms with van der Waals surface area (Å²) in [7, 11) is 0. The van der Waals surface area contributed by atoms with Gasteiger partial charge >= 0.3 is 5.69 Å². The molecule has 0 saturated heterocycles. The van der Waals surface area contributed by atoms with Crippen LogP contribution in [0.15, 0.2) is 22.7 Å². The summed E-state index contributed by atoms with van der Waals surface area (Å²) >= 11 is 0. The lowest BCUT2D eigenvalue weighted by Crippen LogP contribution is -2.38. The highest BCUT2D eigenvalue weighted by Crippen LogP contribution is 2.20. The Morgan fingerprint density at radius 3 is 2.74 bits per heavy atom. The van der Waals surface area contributed by atoms with Gasteiger partial charge in [0.1, 0.15) is 0 Å². The number of hydrogen-bond donors (Lipinski definition) is 0. The highest BCUT2D eigenvalue weighted by molar-refractivity contribution is 5.92. The molecule has 0 atom stereocenters. The largest absolute Gasteiger partial charge is 0.539 e. The lowest BCUT2D eigenvalue weighted by molar-refractivity contribution is -0.672. The minimum Gasteiger partial charge on any atom is -0.539 e. The van der Waals surface area contributed by atoms with Crippen LogP contribution in [0.4, 0.5) is 5.69 Å². The van der Waals surface area contributed by atoms with E-state index in [0.717, 1.165) is 4.68 Å². The maximum absolute atomic E-state index is 11.4. The molecule has 2 rings (SSSR count). The summed E-state index contributed by atoms with van der Waals surface area (Å²) < 4.78 is 5.36. The second-order valence-corrected chi connectivity index (χ2v) is 3.90. The molecule has 0 amide bonds. The van der Waals surface area contributed by atoms with Crippen molar-refractivity contribution in [2.75, 3.05) is 0 Å². The number of Topliss-reactive ketones (excluding diaryl/α,β-unsaturated/α-hetero) is 1. The third-order valence-electron chi connectivity index (χ3n) is 2.58. The highest BCUT2D eigenvalue weighted by Gasteiger charge is 2.26. The van der Waals surface area contributed by atoms with E-state index in [1.165, 1.54) is 25.1 Å². The fourth-order valence-electron chi connectivity index (χ4n) is 1.64. The second-order valence-electron chi connectivity index (χ2n) is 3.90. The molecule has 1 aromatic heterocycles. The van der Waals surface area contributed by atoms with E-state index in [1.807, 2.05) is 0 Å². The molecule has 0 N–H and O–H groups in total. The zero-order chi connectivity index (χ0) is 14.2. The van der Waals surface area contributed by atoms with Crippen LogP contribution in [0.3, 0.4) is 0 Å². The van der Waals surface area contributed by atoms with E-state index in [4.69, 9.17) is 0 Å². The van der Waals surface area contributed by atoms with Crippen LogP contribution in [-0.2, 0) is 0 Å². The van der Waals surface area contributed by atoms with Gasteiger partial charge in [-0.15, -0.1) is 0 Å². The highest BCUT2D eigenvalue weighted by atomic mass is 16.6. The summed E-state index contributed by atoms with van der Waals surface area (Å²) in [4.78, 5) is 21.7. The Morgan fingerprint density at radius 2 is 2.16 bits per heavy atom. The molecule has 0 aliphatic rings. The molecule has 1 aromatic carbocycles. The monoisotopic (exact) mass is 263 g/mol. The van der Waals surface area contributed by atoms with E-state index >= 15 is 0 Å². The Hall–Kier alpha value is -2.77. The van der Waals surface area contributed by atoms with Gasteiger partial charge in [0.05, 0.1) is 16.3 Å². The molecule has 1 heterocycles. The van der Waals surface area contributed by atoms with E-state index in [-0.39, 0.29) is 17.1 Å². The van der Waals surface area contributed by atoms with Crippen molar-refractivity contribution >= 4 is 11.5 Å². The van der Waals surface area contributed by atoms with Gasteiger partial charge in [0.2, 0.25) is 11.5 Å². The fourth-order valence-corrected chi connectivity index (χ4v) is 1.64. The first-order valence-electron chi connectivity index (χ1n) is 5.27. The average molecular weight is 263 g/mol. The minimum absolute atomic E-state index is 0.130. The van der Waals surface area contributed by atoms with Crippen LogP contribution < -0.4 is 9.79 Å². The predicted octanol–water partition coefficient (Wildman–Crippen LogP) is 0.444. The van der Waals surface area contributed by atoms with E-state index < -0.39 is 16.7 Å². The van der Waals surface area contributed by atoms with Gasteiger partial charge < -0.3 is 9.63 Å². The number of hydrogen-bond acceptors (Lipinski definition) is 6. The Labute approximate surface area is 107 Å². The molecule has 98 valence electrons. The molecule has 8 nitrogen and oxygen atoms in total. The lowest BCUT2D eigenvalue weighted by atomic mass is 10.2. The van der Waals surface area contributed by atoms with Gasteiger partial charge in [-0.2, -0.15) is 0 Å². The molecule has 19 heavy (non-hydrogen) atoms. The molecule has 0 radical (unpaired) electrons. The third-order valence-corrected chi connectivity index (χ3v) is 2.58. The summed E-state index contributed by atoms with van der Waals surface area (Å²) in [5, 5.41) is 25.6. The fraction of sp³-hybridized carbons (Fsp3) is 0.182. The molecule has 0 spiro atoms. The van der Waals surface area contributed by atoms with Crippen LogP contribution >= 0.6 is 0 Å². The number of aryl methyl sites for hydroxylation is 1. The van der Waals surface area contributed by atoms with Gasteiger partial charge in [0.25, 0.3) is 5.69 Å². The van der Waals surface area contributed by atoms with Crippen molar-refractivity contribution in [3.8, 4) is 11.6 Å². The number of aromatic nitrogens is 2. The molecule has 0 fully saturated rings.